The second-order valence-corrected chi connectivity index (χ2v) is 14.9. The van der Waals surface area contributed by atoms with Crippen molar-refractivity contribution in [2.24, 2.45) is 0 Å². The van der Waals surface area contributed by atoms with Gasteiger partial charge in [0.1, 0.15) is 6.61 Å². The van der Waals surface area contributed by atoms with Gasteiger partial charge in [0, 0.05) is 19.3 Å². The van der Waals surface area contributed by atoms with Gasteiger partial charge in [0.15, 0.2) is 12.1 Å². The molecule has 288 valence electrons. The number of ether oxygens (including phenoxy) is 3. The van der Waals surface area contributed by atoms with Crippen LogP contribution < -0.4 is 0 Å². The van der Waals surface area contributed by atoms with Gasteiger partial charge >= 0.3 is 17.9 Å². The number of allylic oxidation sites excluding steroid dienone is 2. The summed E-state index contributed by atoms with van der Waals surface area (Å²) in [6.45, 7) is 4.69. The Labute approximate surface area is 301 Å². The van der Waals surface area contributed by atoms with Crippen molar-refractivity contribution in [2.45, 2.75) is 193 Å². The van der Waals surface area contributed by atoms with Gasteiger partial charge in [-0.15, -0.1) is 0 Å². The molecular formula is C41H78NO7+. The molecule has 49 heavy (non-hydrogen) atoms. The molecular weight excluding hydrogens is 618 g/mol. The van der Waals surface area contributed by atoms with Crippen molar-refractivity contribution in [2.75, 3.05) is 41.0 Å². The lowest BCUT2D eigenvalue weighted by molar-refractivity contribution is -0.887. The lowest BCUT2D eigenvalue weighted by atomic mass is 10.0. The summed E-state index contributed by atoms with van der Waals surface area (Å²) >= 11 is 0. The van der Waals surface area contributed by atoms with Crippen LogP contribution in [0.2, 0.25) is 0 Å². The molecule has 8 heteroatoms. The smallest absolute Gasteiger partial charge is 0.362 e. The third-order valence-electron chi connectivity index (χ3n) is 9.16. The van der Waals surface area contributed by atoms with E-state index < -0.39 is 18.1 Å². The van der Waals surface area contributed by atoms with E-state index in [1.165, 1.54) is 103 Å². The summed E-state index contributed by atoms with van der Waals surface area (Å²) in [7, 11) is 5.52. The van der Waals surface area contributed by atoms with Gasteiger partial charge in [-0.2, -0.15) is 0 Å². The van der Waals surface area contributed by atoms with Crippen molar-refractivity contribution in [1.29, 1.82) is 0 Å². The molecule has 0 spiro atoms. The standard InChI is InChI=1S/C41H77NO7/c1-6-8-10-12-14-16-18-19-20-22-24-26-28-30-32-40(44)49-37(35-47-34-33-38(41(45)46)42(3,4)5)36-48-39(43)31-29-27-25-23-21-17-15-13-11-9-7-2/h13,15,37-38H,6-12,14,16-36H2,1-5H3/p+1/b15-13+. The van der Waals surface area contributed by atoms with E-state index in [1.807, 2.05) is 21.1 Å². The quantitative estimate of drug-likeness (QED) is 0.0301. The average molecular weight is 697 g/mol. The lowest BCUT2D eigenvalue weighted by Gasteiger charge is -2.31. The molecule has 0 aliphatic heterocycles. The average Bonchev–Trinajstić information content (AvgIpc) is 3.05. The third kappa shape index (κ3) is 31.8. The fourth-order valence-corrected chi connectivity index (χ4v) is 5.95. The van der Waals surface area contributed by atoms with Crippen LogP contribution in [-0.4, -0.2) is 80.6 Å². The molecule has 1 N–H and O–H groups in total. The van der Waals surface area contributed by atoms with Crippen LogP contribution >= 0.6 is 0 Å². The van der Waals surface area contributed by atoms with Crippen molar-refractivity contribution in [3.8, 4) is 0 Å². The summed E-state index contributed by atoms with van der Waals surface area (Å²) in [5, 5.41) is 9.58. The lowest BCUT2D eigenvalue weighted by Crippen LogP contribution is -2.50. The van der Waals surface area contributed by atoms with Gasteiger partial charge in [-0.3, -0.25) is 9.59 Å². The Balaban J connectivity index is 4.38. The molecule has 2 atom stereocenters. The van der Waals surface area contributed by atoms with E-state index in [0.29, 0.717) is 19.3 Å². The zero-order valence-corrected chi connectivity index (χ0v) is 32.7. The number of aliphatic carboxylic acids is 1. The van der Waals surface area contributed by atoms with Gasteiger partial charge in [-0.25, -0.2) is 4.79 Å². The SMILES string of the molecule is CCCC/C=C/CCCCCCCC(=O)OCC(COCCC(C(=O)O)[N+](C)(C)C)OC(=O)CCCCCCCCCCCCCCCC. The Bertz CT molecular complexity index is 823. The van der Waals surface area contributed by atoms with Crippen LogP contribution in [0.15, 0.2) is 12.2 Å². The van der Waals surface area contributed by atoms with Crippen molar-refractivity contribution >= 4 is 17.9 Å². The molecule has 0 aromatic rings. The number of quaternary nitrogens is 1. The van der Waals surface area contributed by atoms with E-state index in [1.54, 1.807) is 0 Å². The van der Waals surface area contributed by atoms with Crippen LogP contribution in [0.25, 0.3) is 0 Å². The highest BCUT2D eigenvalue weighted by Crippen LogP contribution is 2.15. The number of likely N-dealkylation sites (N-methyl/N-ethyl adjacent to an activating group) is 1. The van der Waals surface area contributed by atoms with Gasteiger partial charge in [-0.1, -0.05) is 142 Å². The van der Waals surface area contributed by atoms with Crippen molar-refractivity contribution < 1.29 is 38.2 Å². The Morgan fingerprint density at radius 2 is 1.04 bits per heavy atom. The summed E-state index contributed by atoms with van der Waals surface area (Å²) in [6, 6.07) is -0.610. The van der Waals surface area contributed by atoms with E-state index in [-0.39, 0.29) is 36.2 Å². The maximum Gasteiger partial charge on any atom is 0.362 e. The first kappa shape index (κ1) is 47.1. The summed E-state index contributed by atoms with van der Waals surface area (Å²) in [6.07, 6.45) is 32.4. The summed E-state index contributed by atoms with van der Waals surface area (Å²) in [4.78, 5) is 36.8. The summed E-state index contributed by atoms with van der Waals surface area (Å²) < 4.78 is 17.2. The van der Waals surface area contributed by atoms with E-state index in [0.717, 1.165) is 44.9 Å². The number of carbonyl (C=O) groups is 3. The van der Waals surface area contributed by atoms with Crippen LogP contribution in [0.4, 0.5) is 0 Å². The molecule has 8 nitrogen and oxygen atoms in total. The summed E-state index contributed by atoms with van der Waals surface area (Å²) in [5.74, 6) is -1.47. The Kier molecular flexibility index (Phi) is 31.9. The van der Waals surface area contributed by atoms with E-state index in [2.05, 4.69) is 26.0 Å². The number of rotatable bonds is 36. The predicted molar refractivity (Wildman–Crippen MR) is 202 cm³/mol. The maximum absolute atomic E-state index is 12.7. The number of carboxylic acids is 1. The number of esters is 2. The molecule has 0 aliphatic carbocycles. The highest BCUT2D eigenvalue weighted by molar-refractivity contribution is 5.72. The highest BCUT2D eigenvalue weighted by atomic mass is 16.6. The Morgan fingerprint density at radius 3 is 1.53 bits per heavy atom. The first-order valence-corrected chi connectivity index (χ1v) is 20.2. The number of hydrogen-bond acceptors (Lipinski definition) is 6. The van der Waals surface area contributed by atoms with Gasteiger partial charge in [0.2, 0.25) is 0 Å². The predicted octanol–water partition coefficient (Wildman–Crippen LogP) is 10.4. The van der Waals surface area contributed by atoms with Gasteiger partial charge < -0.3 is 23.8 Å². The highest BCUT2D eigenvalue weighted by Gasteiger charge is 2.31. The molecule has 0 saturated carbocycles. The molecule has 2 unspecified atom stereocenters. The van der Waals surface area contributed by atoms with Crippen LogP contribution in [0.5, 0.6) is 0 Å². The fraction of sp³-hybridized carbons (Fsp3) is 0.878. The molecule has 0 fully saturated rings. The topological polar surface area (TPSA) is 99.1 Å². The monoisotopic (exact) mass is 697 g/mol. The minimum atomic E-state index is -0.875. The molecule has 0 aromatic heterocycles. The Hall–Kier alpha value is -1.93. The third-order valence-corrected chi connectivity index (χ3v) is 9.16. The number of hydrogen-bond donors (Lipinski definition) is 1. The molecule has 0 rings (SSSR count). The molecule has 0 bridgehead atoms. The molecule has 0 amide bonds. The normalized spacial score (nSPS) is 13.1. The summed E-state index contributed by atoms with van der Waals surface area (Å²) in [5.41, 5.74) is 0. The zero-order valence-electron chi connectivity index (χ0n) is 32.7. The van der Waals surface area contributed by atoms with Gasteiger partial charge in [-0.05, 0) is 32.1 Å². The van der Waals surface area contributed by atoms with Crippen molar-refractivity contribution in [3.63, 3.8) is 0 Å². The van der Waals surface area contributed by atoms with Crippen molar-refractivity contribution in [1.82, 2.24) is 0 Å². The number of carbonyl (C=O) groups excluding carboxylic acids is 2. The van der Waals surface area contributed by atoms with Crippen molar-refractivity contribution in [3.05, 3.63) is 12.2 Å². The van der Waals surface area contributed by atoms with Gasteiger partial charge in [0.25, 0.3) is 0 Å². The fourth-order valence-electron chi connectivity index (χ4n) is 5.95. The van der Waals surface area contributed by atoms with Crippen LogP contribution in [0.3, 0.4) is 0 Å². The molecule has 0 heterocycles. The second-order valence-electron chi connectivity index (χ2n) is 14.9. The van der Waals surface area contributed by atoms with E-state index in [4.69, 9.17) is 14.2 Å². The van der Waals surface area contributed by atoms with Crippen LogP contribution in [0, 0.1) is 0 Å². The molecule has 0 aliphatic rings. The zero-order chi connectivity index (χ0) is 36.4. The van der Waals surface area contributed by atoms with E-state index in [9.17, 15) is 19.5 Å². The molecule has 0 aromatic carbocycles. The molecule has 0 saturated heterocycles. The maximum atomic E-state index is 12.7. The first-order chi connectivity index (χ1) is 23.6. The van der Waals surface area contributed by atoms with Crippen LogP contribution in [-0.2, 0) is 28.6 Å². The second kappa shape index (κ2) is 33.2. The van der Waals surface area contributed by atoms with Gasteiger partial charge in [0.05, 0.1) is 34.4 Å². The largest absolute Gasteiger partial charge is 0.477 e. The Morgan fingerprint density at radius 1 is 0.592 bits per heavy atom. The molecule has 0 radical (unpaired) electrons. The minimum Gasteiger partial charge on any atom is -0.477 e. The number of carboxylic acid groups (broad SMARTS) is 1. The number of unbranched alkanes of at least 4 members (excludes halogenated alkanes) is 20. The van der Waals surface area contributed by atoms with E-state index >= 15 is 0 Å². The van der Waals surface area contributed by atoms with Crippen LogP contribution in [0.1, 0.15) is 181 Å². The number of nitrogens with zero attached hydrogens (tertiary/aromatic N) is 1. The first-order valence-electron chi connectivity index (χ1n) is 20.2. The minimum absolute atomic E-state index is 0.0502.